The van der Waals surface area contributed by atoms with E-state index in [1.807, 2.05) is 12.1 Å². The highest BCUT2D eigenvalue weighted by atomic mass is 14.7. The molecule has 4 N–H and O–H groups in total. The third-order valence-corrected chi connectivity index (χ3v) is 1.44. The Hall–Kier alpha value is -1.18. The van der Waals surface area contributed by atoms with Crippen LogP contribution in [0.4, 0.5) is 11.4 Å². The van der Waals surface area contributed by atoms with Gasteiger partial charge in [-0.05, 0) is 17.7 Å². The van der Waals surface area contributed by atoms with E-state index in [1.54, 1.807) is 0 Å². The maximum absolute atomic E-state index is 5.50. The van der Waals surface area contributed by atoms with E-state index < -0.39 is 0 Å². The van der Waals surface area contributed by atoms with Crippen LogP contribution in [0, 0.1) is 0 Å². The Morgan fingerprint density at radius 1 is 1.12 bits per heavy atom. The van der Waals surface area contributed by atoms with Gasteiger partial charge in [0.25, 0.3) is 0 Å². The van der Waals surface area contributed by atoms with Gasteiger partial charge in [-0.1, -0.05) is 0 Å². The van der Waals surface area contributed by atoms with Crippen LogP contribution in [-0.4, -0.2) is 0 Å². The number of nitrogens with two attached hydrogens (primary N) is 2. The quantitative estimate of drug-likeness (QED) is 0.489. The summed E-state index contributed by atoms with van der Waals surface area (Å²) in [6.45, 7) is 0. The molecule has 0 aromatic carbocycles. The number of rotatable bonds is 0. The van der Waals surface area contributed by atoms with E-state index in [-0.39, 0.29) is 0 Å². The Bertz CT molecular complexity index is 253. The largest absolute Gasteiger partial charge is 0.397 e. The van der Waals surface area contributed by atoms with Crippen LogP contribution >= 0.6 is 0 Å². The van der Waals surface area contributed by atoms with Crippen molar-refractivity contribution in [3.05, 3.63) is 12.1 Å². The highest BCUT2D eigenvalue weighted by Crippen LogP contribution is 2.44. The molecule has 0 aliphatic heterocycles. The zero-order chi connectivity index (χ0) is 5.72. The van der Waals surface area contributed by atoms with Crippen molar-refractivity contribution in [2.75, 3.05) is 11.5 Å². The molecule has 2 aliphatic carbocycles. The minimum atomic E-state index is 0.720. The topological polar surface area (TPSA) is 52.0 Å². The van der Waals surface area contributed by atoms with Crippen molar-refractivity contribution in [3.8, 4) is 11.1 Å². The summed E-state index contributed by atoms with van der Waals surface area (Å²) in [7, 11) is 0. The Labute approximate surface area is 47.1 Å². The van der Waals surface area contributed by atoms with Crippen molar-refractivity contribution in [2.24, 2.45) is 0 Å². The Morgan fingerprint density at radius 3 is 2.12 bits per heavy atom. The van der Waals surface area contributed by atoms with E-state index in [9.17, 15) is 0 Å². The molecule has 40 valence electrons. The Kier molecular flexibility index (Phi) is 0.388. The monoisotopic (exact) mass is 106 g/mol. The van der Waals surface area contributed by atoms with E-state index in [4.69, 9.17) is 11.5 Å². The first kappa shape index (κ1) is 3.78. The third-order valence-electron chi connectivity index (χ3n) is 1.44. The van der Waals surface area contributed by atoms with Crippen molar-refractivity contribution in [1.29, 1.82) is 0 Å². The van der Waals surface area contributed by atoms with Crippen molar-refractivity contribution in [2.45, 2.75) is 0 Å². The number of benzene rings is 1. The molecule has 0 amide bonds. The molecule has 2 rings (SSSR count). The fourth-order valence-corrected chi connectivity index (χ4v) is 0.873. The lowest BCUT2D eigenvalue weighted by Gasteiger charge is -1.85. The molecule has 0 fully saturated rings. The minimum Gasteiger partial charge on any atom is -0.397 e. The molecule has 0 unspecified atom stereocenters. The molecule has 8 heavy (non-hydrogen) atoms. The van der Waals surface area contributed by atoms with Gasteiger partial charge in [0, 0.05) is 5.56 Å². The highest BCUT2D eigenvalue weighted by molar-refractivity contribution is 5.99. The fourth-order valence-electron chi connectivity index (χ4n) is 0.873. The second kappa shape index (κ2) is 0.823. The van der Waals surface area contributed by atoms with Crippen molar-refractivity contribution >= 4 is 11.4 Å². The smallest absolute Gasteiger partial charge is 0.0627 e. The molecule has 0 saturated heterocycles. The van der Waals surface area contributed by atoms with Gasteiger partial charge in [-0.3, -0.25) is 0 Å². The molecule has 0 bridgehead atoms. The normalized spacial score (nSPS) is 11.5. The number of fused-ring (bicyclic) bond motifs is 1. The summed E-state index contributed by atoms with van der Waals surface area (Å²) in [5.41, 5.74) is 14.8. The molecule has 2 aliphatic rings. The van der Waals surface area contributed by atoms with Crippen LogP contribution in [0.5, 0.6) is 0 Å². The van der Waals surface area contributed by atoms with Crippen molar-refractivity contribution < 1.29 is 0 Å². The van der Waals surface area contributed by atoms with Crippen LogP contribution in [0.25, 0.3) is 11.1 Å². The maximum atomic E-state index is 5.50. The molecule has 0 saturated carbocycles. The SMILES string of the molecule is Nc1cc2cc-2c1N. The Morgan fingerprint density at radius 2 is 1.88 bits per heavy atom. The molecule has 0 aromatic heterocycles. The van der Waals surface area contributed by atoms with Gasteiger partial charge in [-0.15, -0.1) is 0 Å². The van der Waals surface area contributed by atoms with E-state index in [1.165, 1.54) is 5.56 Å². The van der Waals surface area contributed by atoms with Crippen molar-refractivity contribution in [1.82, 2.24) is 0 Å². The van der Waals surface area contributed by atoms with Gasteiger partial charge < -0.3 is 11.5 Å². The van der Waals surface area contributed by atoms with Crippen LogP contribution in [-0.2, 0) is 0 Å². The zero-order valence-electron chi connectivity index (χ0n) is 4.31. The number of anilines is 2. The van der Waals surface area contributed by atoms with Gasteiger partial charge in [-0.2, -0.15) is 0 Å². The number of nitrogen functional groups attached to an aromatic ring is 2. The molecule has 0 spiro atoms. The first-order valence-electron chi connectivity index (χ1n) is 2.48. The lowest BCUT2D eigenvalue weighted by atomic mass is 10.4. The zero-order valence-corrected chi connectivity index (χ0v) is 4.31. The van der Waals surface area contributed by atoms with Gasteiger partial charge in [0.05, 0.1) is 11.4 Å². The standard InChI is InChI=1S/C6H6N2/c7-5-2-3-1-4(3)6(5)8/h1-2H,7-8H2. The molecule has 0 radical (unpaired) electrons. The van der Waals surface area contributed by atoms with E-state index in [2.05, 4.69) is 0 Å². The predicted molar refractivity (Wildman–Crippen MR) is 34.3 cm³/mol. The second-order valence-corrected chi connectivity index (χ2v) is 2.03. The fraction of sp³-hybridized carbons (Fsp3) is 0. The van der Waals surface area contributed by atoms with E-state index >= 15 is 0 Å². The van der Waals surface area contributed by atoms with Gasteiger partial charge in [0.15, 0.2) is 0 Å². The second-order valence-electron chi connectivity index (χ2n) is 2.03. The number of hydrogen-bond acceptors (Lipinski definition) is 2. The summed E-state index contributed by atoms with van der Waals surface area (Å²) in [5, 5.41) is 0. The summed E-state index contributed by atoms with van der Waals surface area (Å²) in [5.74, 6) is 0. The summed E-state index contributed by atoms with van der Waals surface area (Å²) in [4.78, 5) is 0. The van der Waals surface area contributed by atoms with E-state index in [0.717, 1.165) is 16.9 Å². The predicted octanol–water partition coefficient (Wildman–Crippen LogP) is 0.831. The van der Waals surface area contributed by atoms with E-state index in [0.29, 0.717) is 0 Å². The van der Waals surface area contributed by atoms with Gasteiger partial charge in [0.1, 0.15) is 0 Å². The van der Waals surface area contributed by atoms with Crippen LogP contribution < -0.4 is 11.5 Å². The highest BCUT2D eigenvalue weighted by Gasteiger charge is 2.18. The summed E-state index contributed by atoms with van der Waals surface area (Å²) in [6.07, 6.45) is 0. The first-order valence-corrected chi connectivity index (χ1v) is 2.48. The molecule has 2 nitrogen and oxygen atoms in total. The molecular formula is C6H6N2. The molecule has 0 heterocycles. The summed E-state index contributed by atoms with van der Waals surface area (Å²) >= 11 is 0. The molecule has 0 atom stereocenters. The van der Waals surface area contributed by atoms with Gasteiger partial charge in [0.2, 0.25) is 0 Å². The lowest BCUT2D eigenvalue weighted by Crippen LogP contribution is -1.88. The van der Waals surface area contributed by atoms with Gasteiger partial charge >= 0.3 is 0 Å². The first-order chi connectivity index (χ1) is 3.79. The molecule has 2 heteroatoms. The number of hydrogen-bond donors (Lipinski definition) is 2. The lowest BCUT2D eigenvalue weighted by molar-refractivity contribution is 1.82. The van der Waals surface area contributed by atoms with Crippen LogP contribution in [0.1, 0.15) is 0 Å². The third kappa shape index (κ3) is 0.249. The molecule has 0 aromatic rings. The average molecular weight is 106 g/mol. The van der Waals surface area contributed by atoms with Crippen LogP contribution in [0.2, 0.25) is 0 Å². The van der Waals surface area contributed by atoms with Crippen molar-refractivity contribution in [3.63, 3.8) is 0 Å². The maximum Gasteiger partial charge on any atom is 0.0627 e. The molecular weight excluding hydrogens is 100 g/mol. The minimum absolute atomic E-state index is 0.720. The van der Waals surface area contributed by atoms with Crippen LogP contribution in [0.15, 0.2) is 12.1 Å². The summed E-state index contributed by atoms with van der Waals surface area (Å²) < 4.78 is 0. The Balaban J connectivity index is 2.74. The average Bonchev–Trinajstić information content (AvgIpc) is 2.39. The summed E-state index contributed by atoms with van der Waals surface area (Å²) in [6, 6.07) is 3.91. The van der Waals surface area contributed by atoms with Crippen LogP contribution in [0.3, 0.4) is 0 Å². The van der Waals surface area contributed by atoms with Gasteiger partial charge in [-0.25, -0.2) is 0 Å².